The maximum atomic E-state index is 12.2. The van der Waals surface area contributed by atoms with E-state index in [9.17, 15) is 4.79 Å². The van der Waals surface area contributed by atoms with Gasteiger partial charge in [0.15, 0.2) is 5.78 Å². The average molecular weight is 324 g/mol. The van der Waals surface area contributed by atoms with E-state index in [4.69, 9.17) is 0 Å². The molecule has 0 spiro atoms. The molecule has 2 fully saturated rings. The predicted molar refractivity (Wildman–Crippen MR) is 65.1 cm³/mol. The smallest absolute Gasteiger partial charge is 0.153 e. The normalized spacial score (nSPS) is 51.6. The summed E-state index contributed by atoms with van der Waals surface area (Å²) in [5.41, 5.74) is 0.127. The quantitative estimate of drug-likeness (QED) is 0.710. The van der Waals surface area contributed by atoms with Crippen LogP contribution in [-0.4, -0.2) is 15.9 Å². The highest BCUT2D eigenvalue weighted by Crippen LogP contribution is 2.67. The van der Waals surface area contributed by atoms with Gasteiger partial charge in [0.25, 0.3) is 0 Å². The van der Waals surface area contributed by atoms with E-state index in [-0.39, 0.29) is 15.7 Å². The first-order chi connectivity index (χ1) is 6.53. The molecular weight excluding hydrogens is 308 g/mol. The van der Waals surface area contributed by atoms with Gasteiger partial charge in [0.1, 0.15) is 0 Å². The molecule has 0 aliphatic heterocycles. The summed E-state index contributed by atoms with van der Waals surface area (Å²) < 4.78 is 0. The zero-order chi connectivity index (χ0) is 10.6. The number of carbonyl (C=O) groups is 1. The van der Waals surface area contributed by atoms with Gasteiger partial charge < -0.3 is 0 Å². The van der Waals surface area contributed by atoms with E-state index in [2.05, 4.69) is 45.7 Å². The summed E-state index contributed by atoms with van der Waals surface area (Å²) in [6.45, 7) is 4.39. The van der Waals surface area contributed by atoms with Crippen LogP contribution in [-0.2, 0) is 4.79 Å². The minimum Gasteiger partial charge on any atom is -0.298 e. The lowest BCUT2D eigenvalue weighted by Crippen LogP contribution is -2.38. The van der Waals surface area contributed by atoms with Gasteiger partial charge in [-0.2, -0.15) is 0 Å². The molecule has 80 valence electrons. The van der Waals surface area contributed by atoms with Crippen LogP contribution in [0.5, 0.6) is 0 Å². The maximum Gasteiger partial charge on any atom is 0.153 e. The lowest BCUT2D eigenvalue weighted by Gasteiger charge is -2.37. The summed E-state index contributed by atoms with van der Waals surface area (Å²) in [7, 11) is 0. The monoisotopic (exact) mass is 322 g/mol. The fourth-order valence-corrected chi connectivity index (χ4v) is 6.36. The molecule has 0 heterocycles. The molecule has 0 saturated heterocycles. The SMILES string of the molecule is CCC1(CBr)C2CCC1(C)C(=O)C2Br. The molecule has 1 nitrogen and oxygen atoms in total. The Morgan fingerprint density at radius 3 is 2.50 bits per heavy atom. The molecule has 2 bridgehead atoms. The van der Waals surface area contributed by atoms with Crippen LogP contribution in [0.1, 0.15) is 33.1 Å². The van der Waals surface area contributed by atoms with Gasteiger partial charge in [-0.1, -0.05) is 45.7 Å². The lowest BCUT2D eigenvalue weighted by atomic mass is 9.67. The van der Waals surface area contributed by atoms with E-state index in [1.807, 2.05) is 0 Å². The molecule has 2 aliphatic carbocycles. The van der Waals surface area contributed by atoms with Crippen molar-refractivity contribution in [1.82, 2.24) is 0 Å². The van der Waals surface area contributed by atoms with E-state index in [0.29, 0.717) is 11.7 Å². The zero-order valence-electron chi connectivity index (χ0n) is 8.65. The number of rotatable bonds is 2. The number of hydrogen-bond donors (Lipinski definition) is 0. The summed E-state index contributed by atoms with van der Waals surface area (Å²) in [6.07, 6.45) is 3.39. The third-order valence-electron chi connectivity index (χ3n) is 4.78. The Hall–Kier alpha value is 0.630. The van der Waals surface area contributed by atoms with Crippen molar-refractivity contribution in [1.29, 1.82) is 0 Å². The standard InChI is InChI=1S/C11H16Br2O/c1-3-11(6-12)7-4-5-10(11,2)9(14)8(7)13/h7-8H,3-6H2,1-2H3. The summed E-state index contributed by atoms with van der Waals surface area (Å²) >= 11 is 7.21. The first-order valence-corrected chi connectivity index (χ1v) is 7.31. The number of Topliss-reactive ketones (excluding diaryl/α,β-unsaturated/α-hetero) is 1. The number of hydrogen-bond acceptors (Lipinski definition) is 1. The Morgan fingerprint density at radius 2 is 2.21 bits per heavy atom. The van der Waals surface area contributed by atoms with Gasteiger partial charge in [0.2, 0.25) is 0 Å². The number of halogens is 2. The van der Waals surface area contributed by atoms with E-state index < -0.39 is 0 Å². The third-order valence-corrected chi connectivity index (χ3v) is 6.84. The molecular formula is C11H16Br2O. The van der Waals surface area contributed by atoms with Crippen LogP contribution in [0.15, 0.2) is 0 Å². The molecule has 4 atom stereocenters. The van der Waals surface area contributed by atoms with Crippen molar-refractivity contribution in [2.45, 2.75) is 37.9 Å². The zero-order valence-corrected chi connectivity index (χ0v) is 11.8. The Labute approximate surface area is 102 Å². The van der Waals surface area contributed by atoms with Crippen LogP contribution in [0.2, 0.25) is 0 Å². The van der Waals surface area contributed by atoms with E-state index >= 15 is 0 Å². The average Bonchev–Trinajstić information content (AvgIpc) is 2.56. The fraction of sp³-hybridized carbons (Fsp3) is 0.909. The van der Waals surface area contributed by atoms with Gasteiger partial charge in [-0.3, -0.25) is 4.79 Å². The molecule has 2 saturated carbocycles. The fourth-order valence-electron chi connectivity index (χ4n) is 3.65. The Kier molecular flexibility index (Phi) is 2.63. The predicted octanol–water partition coefficient (Wildman–Crippen LogP) is 3.54. The summed E-state index contributed by atoms with van der Waals surface area (Å²) in [6, 6.07) is 0. The molecule has 2 aliphatic rings. The Balaban J connectivity index is 2.50. The number of fused-ring (bicyclic) bond motifs is 2. The number of alkyl halides is 2. The first kappa shape index (κ1) is 11.1. The second-order valence-electron chi connectivity index (χ2n) is 4.89. The molecule has 14 heavy (non-hydrogen) atoms. The largest absolute Gasteiger partial charge is 0.298 e. The van der Waals surface area contributed by atoms with Crippen molar-refractivity contribution >= 4 is 37.6 Å². The summed E-state index contributed by atoms with van der Waals surface area (Å²) in [5.74, 6) is 0.986. The summed E-state index contributed by atoms with van der Waals surface area (Å²) in [4.78, 5) is 12.3. The second kappa shape index (κ2) is 3.31. The van der Waals surface area contributed by atoms with Gasteiger partial charge in [-0.15, -0.1) is 0 Å². The van der Waals surface area contributed by atoms with Crippen LogP contribution < -0.4 is 0 Å². The van der Waals surface area contributed by atoms with E-state index in [0.717, 1.165) is 18.2 Å². The van der Waals surface area contributed by atoms with Crippen LogP contribution in [0, 0.1) is 16.7 Å². The molecule has 0 aromatic rings. The van der Waals surface area contributed by atoms with Crippen molar-refractivity contribution in [3.05, 3.63) is 0 Å². The molecule has 0 amide bonds. The third kappa shape index (κ3) is 0.986. The first-order valence-electron chi connectivity index (χ1n) is 5.28. The molecule has 0 aromatic carbocycles. The van der Waals surface area contributed by atoms with Crippen molar-refractivity contribution in [2.75, 3.05) is 5.33 Å². The second-order valence-corrected chi connectivity index (χ2v) is 6.43. The Morgan fingerprint density at radius 1 is 1.57 bits per heavy atom. The van der Waals surface area contributed by atoms with Crippen LogP contribution >= 0.6 is 31.9 Å². The van der Waals surface area contributed by atoms with Crippen LogP contribution in [0.3, 0.4) is 0 Å². The molecule has 4 unspecified atom stereocenters. The van der Waals surface area contributed by atoms with E-state index in [1.165, 1.54) is 6.42 Å². The highest BCUT2D eigenvalue weighted by atomic mass is 79.9. The summed E-state index contributed by atoms with van der Waals surface area (Å²) in [5, 5.41) is 0.964. The highest BCUT2D eigenvalue weighted by molar-refractivity contribution is 9.10. The van der Waals surface area contributed by atoms with Gasteiger partial charge in [-0.25, -0.2) is 0 Å². The van der Waals surface area contributed by atoms with Gasteiger partial charge in [0.05, 0.1) is 4.83 Å². The molecule has 0 radical (unpaired) electrons. The van der Waals surface area contributed by atoms with E-state index in [1.54, 1.807) is 0 Å². The molecule has 3 heteroatoms. The topological polar surface area (TPSA) is 17.1 Å². The lowest BCUT2D eigenvalue weighted by molar-refractivity contribution is -0.128. The van der Waals surface area contributed by atoms with Gasteiger partial charge in [-0.05, 0) is 30.6 Å². The van der Waals surface area contributed by atoms with Gasteiger partial charge >= 0.3 is 0 Å². The molecule has 2 rings (SSSR count). The van der Waals surface area contributed by atoms with Crippen molar-refractivity contribution in [3.63, 3.8) is 0 Å². The van der Waals surface area contributed by atoms with Gasteiger partial charge in [0, 0.05) is 10.7 Å². The Bertz CT molecular complexity index is 272. The van der Waals surface area contributed by atoms with Crippen molar-refractivity contribution in [2.24, 2.45) is 16.7 Å². The van der Waals surface area contributed by atoms with Crippen LogP contribution in [0.4, 0.5) is 0 Å². The minimum absolute atomic E-state index is 0.0793. The maximum absolute atomic E-state index is 12.2. The highest BCUT2D eigenvalue weighted by Gasteiger charge is 2.68. The molecule has 0 N–H and O–H groups in total. The van der Waals surface area contributed by atoms with Crippen molar-refractivity contribution in [3.8, 4) is 0 Å². The number of carbonyl (C=O) groups excluding carboxylic acids is 1. The molecule has 0 aromatic heterocycles. The minimum atomic E-state index is -0.0793. The number of ketones is 1. The van der Waals surface area contributed by atoms with Crippen LogP contribution in [0.25, 0.3) is 0 Å². The van der Waals surface area contributed by atoms with Crippen molar-refractivity contribution < 1.29 is 4.79 Å².